The van der Waals surface area contributed by atoms with Crippen molar-refractivity contribution in [2.75, 3.05) is 5.32 Å². The van der Waals surface area contributed by atoms with Crippen molar-refractivity contribution in [3.63, 3.8) is 0 Å². The molecule has 3 N–H and O–H groups in total. The quantitative estimate of drug-likeness (QED) is 0.862. The molecule has 0 saturated carbocycles. The van der Waals surface area contributed by atoms with Gasteiger partial charge in [0, 0.05) is 29.7 Å². The van der Waals surface area contributed by atoms with Gasteiger partial charge >= 0.3 is 0 Å². The number of benzene rings is 1. The van der Waals surface area contributed by atoms with E-state index in [4.69, 9.17) is 5.73 Å². The molecular formula is C15H15N3O. The van der Waals surface area contributed by atoms with E-state index >= 15 is 0 Å². The Kier molecular flexibility index (Phi) is 3.01. The molecule has 1 amide bonds. The van der Waals surface area contributed by atoms with Gasteiger partial charge in [-0.1, -0.05) is 6.07 Å². The van der Waals surface area contributed by atoms with Gasteiger partial charge in [-0.3, -0.25) is 9.78 Å². The zero-order valence-corrected chi connectivity index (χ0v) is 10.5. The van der Waals surface area contributed by atoms with E-state index in [-0.39, 0.29) is 11.9 Å². The number of carbonyl (C=O) groups excluding carboxylic acids is 1. The van der Waals surface area contributed by atoms with Gasteiger partial charge in [0.2, 0.25) is 0 Å². The van der Waals surface area contributed by atoms with Gasteiger partial charge in [-0.15, -0.1) is 0 Å². The van der Waals surface area contributed by atoms with E-state index in [9.17, 15) is 4.79 Å². The fourth-order valence-corrected chi connectivity index (χ4v) is 2.43. The van der Waals surface area contributed by atoms with Crippen LogP contribution >= 0.6 is 0 Å². The van der Waals surface area contributed by atoms with Gasteiger partial charge < -0.3 is 11.1 Å². The SMILES string of the molecule is N[C@H]1CCc2cc(C(=O)Nc3ccncc3)ccc21. The van der Waals surface area contributed by atoms with Gasteiger partial charge in [0.15, 0.2) is 0 Å². The number of amides is 1. The van der Waals surface area contributed by atoms with Crippen molar-refractivity contribution in [2.45, 2.75) is 18.9 Å². The Balaban J connectivity index is 1.81. The number of nitrogens with one attached hydrogen (secondary N) is 1. The summed E-state index contributed by atoms with van der Waals surface area (Å²) < 4.78 is 0. The lowest BCUT2D eigenvalue weighted by Gasteiger charge is -2.08. The maximum Gasteiger partial charge on any atom is 0.255 e. The fourth-order valence-electron chi connectivity index (χ4n) is 2.43. The predicted molar refractivity (Wildman–Crippen MR) is 73.9 cm³/mol. The number of rotatable bonds is 2. The number of hydrogen-bond acceptors (Lipinski definition) is 3. The Morgan fingerprint density at radius 3 is 2.84 bits per heavy atom. The number of carbonyl (C=O) groups is 1. The molecule has 1 aromatic carbocycles. The summed E-state index contributed by atoms with van der Waals surface area (Å²) in [5, 5.41) is 2.85. The maximum absolute atomic E-state index is 12.1. The normalized spacial score (nSPS) is 17.0. The number of aryl methyl sites for hydroxylation is 1. The minimum Gasteiger partial charge on any atom is -0.324 e. The molecule has 0 radical (unpaired) electrons. The highest BCUT2D eigenvalue weighted by atomic mass is 16.1. The number of anilines is 1. The first-order chi connectivity index (χ1) is 9.24. The highest BCUT2D eigenvalue weighted by Crippen LogP contribution is 2.29. The van der Waals surface area contributed by atoms with Gasteiger partial charge in [-0.25, -0.2) is 0 Å². The van der Waals surface area contributed by atoms with Gasteiger partial charge in [-0.2, -0.15) is 0 Å². The zero-order valence-electron chi connectivity index (χ0n) is 10.5. The molecule has 0 fully saturated rings. The largest absolute Gasteiger partial charge is 0.324 e. The first-order valence-electron chi connectivity index (χ1n) is 6.34. The van der Waals surface area contributed by atoms with Crippen LogP contribution in [0.4, 0.5) is 5.69 Å². The molecule has 1 aromatic heterocycles. The Labute approximate surface area is 111 Å². The number of nitrogens with zero attached hydrogens (tertiary/aromatic N) is 1. The standard InChI is InChI=1S/C15H15N3O/c16-14-4-2-10-9-11(1-3-13(10)14)15(19)18-12-5-7-17-8-6-12/h1,3,5-9,14H,2,4,16H2,(H,17,18,19)/t14-/m0/s1. The van der Waals surface area contributed by atoms with Crippen LogP contribution in [0.15, 0.2) is 42.7 Å². The third-order valence-corrected chi connectivity index (χ3v) is 3.47. The molecule has 1 atom stereocenters. The zero-order chi connectivity index (χ0) is 13.2. The Morgan fingerprint density at radius 1 is 1.26 bits per heavy atom. The van der Waals surface area contributed by atoms with Crippen LogP contribution in [0.3, 0.4) is 0 Å². The summed E-state index contributed by atoms with van der Waals surface area (Å²) in [6.45, 7) is 0. The maximum atomic E-state index is 12.1. The van der Waals surface area contributed by atoms with Crippen molar-refractivity contribution < 1.29 is 4.79 Å². The van der Waals surface area contributed by atoms with E-state index in [1.807, 2.05) is 18.2 Å². The van der Waals surface area contributed by atoms with Crippen molar-refractivity contribution in [3.05, 3.63) is 59.4 Å². The second-order valence-corrected chi connectivity index (χ2v) is 4.75. The van der Waals surface area contributed by atoms with Gasteiger partial charge in [0.25, 0.3) is 5.91 Å². The van der Waals surface area contributed by atoms with Crippen molar-refractivity contribution in [1.29, 1.82) is 0 Å². The summed E-state index contributed by atoms with van der Waals surface area (Å²) in [6, 6.07) is 9.39. The summed E-state index contributed by atoms with van der Waals surface area (Å²) >= 11 is 0. The molecule has 0 spiro atoms. The average Bonchev–Trinajstić information content (AvgIpc) is 2.81. The van der Waals surface area contributed by atoms with Gasteiger partial charge in [-0.05, 0) is 48.2 Å². The summed E-state index contributed by atoms with van der Waals surface area (Å²) in [4.78, 5) is 16.0. The van der Waals surface area contributed by atoms with Crippen LogP contribution in [0.5, 0.6) is 0 Å². The fraction of sp³-hybridized carbons (Fsp3) is 0.200. The average molecular weight is 253 g/mol. The van der Waals surface area contributed by atoms with E-state index in [0.29, 0.717) is 5.56 Å². The molecule has 2 aromatic rings. The summed E-state index contributed by atoms with van der Waals surface area (Å²) in [7, 11) is 0. The molecule has 0 bridgehead atoms. The first-order valence-corrected chi connectivity index (χ1v) is 6.34. The van der Waals surface area contributed by atoms with Crippen LogP contribution < -0.4 is 11.1 Å². The van der Waals surface area contributed by atoms with E-state index in [2.05, 4.69) is 10.3 Å². The molecule has 19 heavy (non-hydrogen) atoms. The summed E-state index contributed by atoms with van der Waals surface area (Å²) in [5.41, 5.74) is 9.76. The summed E-state index contributed by atoms with van der Waals surface area (Å²) in [6.07, 6.45) is 5.21. The smallest absolute Gasteiger partial charge is 0.255 e. The monoisotopic (exact) mass is 253 g/mol. The van der Waals surface area contributed by atoms with Crippen molar-refractivity contribution in [2.24, 2.45) is 5.73 Å². The Morgan fingerprint density at radius 2 is 2.05 bits per heavy atom. The highest BCUT2D eigenvalue weighted by Gasteiger charge is 2.20. The van der Waals surface area contributed by atoms with E-state index < -0.39 is 0 Å². The van der Waals surface area contributed by atoms with Crippen molar-refractivity contribution in [1.82, 2.24) is 4.98 Å². The lowest BCUT2D eigenvalue weighted by atomic mass is 10.0. The van der Waals surface area contributed by atoms with Crippen LogP contribution in [0.25, 0.3) is 0 Å². The number of aromatic nitrogens is 1. The van der Waals surface area contributed by atoms with Crippen molar-refractivity contribution >= 4 is 11.6 Å². The first kappa shape index (κ1) is 11.9. The Hall–Kier alpha value is -2.20. The van der Waals surface area contributed by atoms with Gasteiger partial charge in [0.1, 0.15) is 0 Å². The third-order valence-electron chi connectivity index (χ3n) is 3.47. The molecule has 1 heterocycles. The molecule has 1 aliphatic rings. The number of pyridine rings is 1. The van der Waals surface area contributed by atoms with Crippen LogP contribution in [0, 0.1) is 0 Å². The topological polar surface area (TPSA) is 68.0 Å². The van der Waals surface area contributed by atoms with Gasteiger partial charge in [0.05, 0.1) is 0 Å². The molecule has 0 saturated heterocycles. The van der Waals surface area contributed by atoms with Crippen LogP contribution in [0.1, 0.15) is 33.9 Å². The molecule has 0 unspecified atom stereocenters. The molecule has 96 valence electrons. The second kappa shape index (κ2) is 4.82. The van der Waals surface area contributed by atoms with E-state index in [1.54, 1.807) is 24.5 Å². The third kappa shape index (κ3) is 2.35. The number of fused-ring (bicyclic) bond motifs is 1. The van der Waals surface area contributed by atoms with E-state index in [1.165, 1.54) is 11.1 Å². The number of hydrogen-bond donors (Lipinski definition) is 2. The van der Waals surface area contributed by atoms with Crippen LogP contribution in [-0.2, 0) is 6.42 Å². The molecule has 3 rings (SSSR count). The predicted octanol–water partition coefficient (Wildman–Crippen LogP) is 2.28. The molecule has 4 nitrogen and oxygen atoms in total. The second-order valence-electron chi connectivity index (χ2n) is 4.75. The lowest BCUT2D eigenvalue weighted by Crippen LogP contribution is -2.12. The minimum absolute atomic E-state index is 0.102. The van der Waals surface area contributed by atoms with Crippen LogP contribution in [-0.4, -0.2) is 10.9 Å². The van der Waals surface area contributed by atoms with Crippen molar-refractivity contribution in [3.8, 4) is 0 Å². The molecule has 1 aliphatic carbocycles. The van der Waals surface area contributed by atoms with Crippen LogP contribution in [0.2, 0.25) is 0 Å². The lowest BCUT2D eigenvalue weighted by molar-refractivity contribution is 0.102. The number of nitrogens with two attached hydrogens (primary N) is 1. The van der Waals surface area contributed by atoms with E-state index in [0.717, 1.165) is 18.5 Å². The highest BCUT2D eigenvalue weighted by molar-refractivity contribution is 6.04. The summed E-state index contributed by atoms with van der Waals surface area (Å²) in [5.74, 6) is -0.102. The molecular weight excluding hydrogens is 238 g/mol. The molecule has 0 aliphatic heterocycles. The minimum atomic E-state index is -0.102. The molecule has 4 heteroatoms. The Bertz CT molecular complexity index is 610.